The number of nitrogens with one attached hydrogen (secondary N) is 1. The van der Waals surface area contributed by atoms with E-state index in [1.54, 1.807) is 13.2 Å². The Balaban J connectivity index is 2.45. The van der Waals surface area contributed by atoms with E-state index in [-0.39, 0.29) is 5.56 Å². The molecule has 0 aliphatic heterocycles. The van der Waals surface area contributed by atoms with Crippen molar-refractivity contribution in [1.82, 2.24) is 4.98 Å². The van der Waals surface area contributed by atoms with Gasteiger partial charge in [-0.15, -0.1) is 0 Å². The molecule has 4 nitrogen and oxygen atoms in total. The van der Waals surface area contributed by atoms with Crippen LogP contribution >= 0.6 is 0 Å². The summed E-state index contributed by atoms with van der Waals surface area (Å²) in [6.07, 6.45) is 0. The van der Waals surface area contributed by atoms with E-state index in [2.05, 4.69) is 4.98 Å². The van der Waals surface area contributed by atoms with Crippen LogP contribution in [0, 0.1) is 11.3 Å². The summed E-state index contributed by atoms with van der Waals surface area (Å²) >= 11 is 0. The van der Waals surface area contributed by atoms with Crippen molar-refractivity contribution >= 4 is 10.9 Å². The van der Waals surface area contributed by atoms with Crippen molar-refractivity contribution in [3.05, 3.63) is 64.4 Å². The van der Waals surface area contributed by atoms with E-state index in [1.165, 1.54) is 0 Å². The minimum absolute atomic E-state index is 0.124. The van der Waals surface area contributed by atoms with Gasteiger partial charge < -0.3 is 9.72 Å². The zero-order valence-corrected chi connectivity index (χ0v) is 11.4. The SMILES string of the molecule is COc1ccc2c(-c3ccccc3)c(C#N)c(=O)[nH]c2c1. The molecule has 1 aromatic heterocycles. The molecular formula is C17H12N2O2. The molecule has 0 unspecified atom stereocenters. The van der Waals surface area contributed by atoms with Gasteiger partial charge in [0, 0.05) is 17.0 Å². The molecule has 0 amide bonds. The standard InChI is InChI=1S/C17H12N2O2/c1-21-12-7-8-13-15(9-12)19-17(20)14(10-18)16(13)11-5-3-2-4-6-11/h2-9H,1H3,(H,19,20). The van der Waals surface area contributed by atoms with Crippen LogP contribution in [0.3, 0.4) is 0 Å². The third-order valence-corrected chi connectivity index (χ3v) is 3.40. The average molecular weight is 276 g/mol. The number of aromatic amines is 1. The number of hydrogen-bond donors (Lipinski definition) is 1. The Morgan fingerprint density at radius 2 is 1.90 bits per heavy atom. The number of fused-ring (bicyclic) bond motifs is 1. The molecule has 2 aromatic carbocycles. The average Bonchev–Trinajstić information content (AvgIpc) is 2.53. The maximum Gasteiger partial charge on any atom is 0.266 e. The van der Waals surface area contributed by atoms with E-state index < -0.39 is 5.56 Å². The van der Waals surface area contributed by atoms with E-state index >= 15 is 0 Å². The van der Waals surface area contributed by atoms with Crippen molar-refractivity contribution in [2.45, 2.75) is 0 Å². The monoisotopic (exact) mass is 276 g/mol. The van der Waals surface area contributed by atoms with Gasteiger partial charge in [0.25, 0.3) is 5.56 Å². The first-order valence-electron chi connectivity index (χ1n) is 6.44. The number of rotatable bonds is 2. The summed E-state index contributed by atoms with van der Waals surface area (Å²) in [5, 5.41) is 10.1. The second-order valence-electron chi connectivity index (χ2n) is 4.59. The highest BCUT2D eigenvalue weighted by Crippen LogP contribution is 2.30. The number of methoxy groups -OCH3 is 1. The Kier molecular flexibility index (Phi) is 3.17. The van der Waals surface area contributed by atoms with Crippen LogP contribution in [0.5, 0.6) is 5.75 Å². The van der Waals surface area contributed by atoms with Gasteiger partial charge in [0.05, 0.1) is 12.6 Å². The summed E-state index contributed by atoms with van der Waals surface area (Å²) in [4.78, 5) is 14.9. The number of pyridine rings is 1. The topological polar surface area (TPSA) is 65.9 Å². The number of H-pyrrole nitrogens is 1. The Morgan fingerprint density at radius 3 is 2.57 bits per heavy atom. The van der Waals surface area contributed by atoms with Crippen molar-refractivity contribution < 1.29 is 4.74 Å². The van der Waals surface area contributed by atoms with Gasteiger partial charge in [-0.05, 0) is 17.7 Å². The maximum atomic E-state index is 12.1. The molecule has 0 saturated carbocycles. The molecule has 0 fully saturated rings. The van der Waals surface area contributed by atoms with Crippen LogP contribution < -0.4 is 10.3 Å². The number of nitriles is 1. The van der Waals surface area contributed by atoms with E-state index in [1.807, 2.05) is 48.5 Å². The smallest absolute Gasteiger partial charge is 0.266 e. The van der Waals surface area contributed by atoms with Crippen LogP contribution in [0.2, 0.25) is 0 Å². The number of benzene rings is 2. The highest BCUT2D eigenvalue weighted by atomic mass is 16.5. The summed E-state index contributed by atoms with van der Waals surface area (Å²) in [5.74, 6) is 0.655. The van der Waals surface area contributed by atoms with Gasteiger partial charge in [-0.2, -0.15) is 5.26 Å². The third kappa shape index (κ3) is 2.15. The molecule has 0 aliphatic rings. The number of nitrogens with zero attached hydrogens (tertiary/aromatic N) is 1. The summed E-state index contributed by atoms with van der Waals surface area (Å²) in [6.45, 7) is 0. The molecule has 0 bridgehead atoms. The highest BCUT2D eigenvalue weighted by Gasteiger charge is 2.14. The molecule has 4 heteroatoms. The lowest BCUT2D eigenvalue weighted by Gasteiger charge is -2.10. The van der Waals surface area contributed by atoms with Crippen LogP contribution in [0.4, 0.5) is 0 Å². The van der Waals surface area contributed by atoms with Crippen molar-refractivity contribution in [2.24, 2.45) is 0 Å². The van der Waals surface area contributed by atoms with Gasteiger partial charge >= 0.3 is 0 Å². The second kappa shape index (κ2) is 5.14. The number of ether oxygens (including phenoxy) is 1. The first kappa shape index (κ1) is 12.9. The van der Waals surface area contributed by atoms with Crippen LogP contribution in [0.1, 0.15) is 5.56 Å². The molecule has 0 atom stereocenters. The Labute approximate surface area is 121 Å². The second-order valence-corrected chi connectivity index (χ2v) is 4.59. The van der Waals surface area contributed by atoms with E-state index in [9.17, 15) is 10.1 Å². The zero-order chi connectivity index (χ0) is 14.8. The first-order chi connectivity index (χ1) is 10.2. The molecule has 21 heavy (non-hydrogen) atoms. The molecule has 0 radical (unpaired) electrons. The van der Waals surface area contributed by atoms with Gasteiger partial charge in [-0.1, -0.05) is 30.3 Å². The zero-order valence-electron chi connectivity index (χ0n) is 11.4. The summed E-state index contributed by atoms with van der Waals surface area (Å²) in [5.41, 5.74) is 1.88. The molecule has 3 rings (SSSR count). The molecule has 0 saturated heterocycles. The quantitative estimate of drug-likeness (QED) is 0.782. The van der Waals surface area contributed by atoms with Gasteiger partial charge in [-0.25, -0.2) is 0 Å². The maximum absolute atomic E-state index is 12.1. The molecular weight excluding hydrogens is 264 g/mol. The van der Waals surface area contributed by atoms with Crippen LogP contribution in [-0.2, 0) is 0 Å². The van der Waals surface area contributed by atoms with Gasteiger partial charge in [-0.3, -0.25) is 4.79 Å². The predicted octanol–water partition coefficient (Wildman–Crippen LogP) is 3.08. The fourth-order valence-electron chi connectivity index (χ4n) is 2.42. The lowest BCUT2D eigenvalue weighted by molar-refractivity contribution is 0.415. The highest BCUT2D eigenvalue weighted by molar-refractivity contribution is 5.97. The lowest BCUT2D eigenvalue weighted by atomic mass is 9.97. The molecule has 102 valence electrons. The molecule has 0 spiro atoms. The van der Waals surface area contributed by atoms with Crippen molar-refractivity contribution in [3.8, 4) is 22.9 Å². The van der Waals surface area contributed by atoms with Gasteiger partial charge in [0.15, 0.2) is 0 Å². The molecule has 1 heterocycles. The summed E-state index contributed by atoms with van der Waals surface area (Å²) in [7, 11) is 1.57. The molecule has 3 aromatic rings. The third-order valence-electron chi connectivity index (χ3n) is 3.40. The first-order valence-corrected chi connectivity index (χ1v) is 6.44. The van der Waals surface area contributed by atoms with Crippen LogP contribution in [0.25, 0.3) is 22.0 Å². The summed E-state index contributed by atoms with van der Waals surface area (Å²) < 4.78 is 5.18. The normalized spacial score (nSPS) is 10.3. The minimum atomic E-state index is -0.392. The van der Waals surface area contributed by atoms with Crippen molar-refractivity contribution in [3.63, 3.8) is 0 Å². The minimum Gasteiger partial charge on any atom is -0.497 e. The lowest BCUT2D eigenvalue weighted by Crippen LogP contribution is -2.12. The molecule has 0 aliphatic carbocycles. The van der Waals surface area contributed by atoms with E-state index in [0.717, 1.165) is 10.9 Å². The number of aromatic nitrogens is 1. The fourth-order valence-corrected chi connectivity index (χ4v) is 2.42. The summed E-state index contributed by atoms with van der Waals surface area (Å²) in [6, 6.07) is 16.9. The Hall–Kier alpha value is -3.06. The van der Waals surface area contributed by atoms with Gasteiger partial charge in [0.2, 0.25) is 0 Å². The van der Waals surface area contributed by atoms with Gasteiger partial charge in [0.1, 0.15) is 17.4 Å². The Bertz CT molecular complexity index is 906. The number of hydrogen-bond acceptors (Lipinski definition) is 3. The fraction of sp³-hybridized carbons (Fsp3) is 0.0588. The van der Waals surface area contributed by atoms with E-state index in [0.29, 0.717) is 16.8 Å². The molecule has 1 N–H and O–H groups in total. The largest absolute Gasteiger partial charge is 0.497 e. The van der Waals surface area contributed by atoms with Crippen LogP contribution in [-0.4, -0.2) is 12.1 Å². The van der Waals surface area contributed by atoms with Crippen LogP contribution in [0.15, 0.2) is 53.3 Å². The van der Waals surface area contributed by atoms with E-state index in [4.69, 9.17) is 4.74 Å². The van der Waals surface area contributed by atoms with Crippen molar-refractivity contribution in [1.29, 1.82) is 5.26 Å². The predicted molar refractivity (Wildman–Crippen MR) is 81.3 cm³/mol. The Morgan fingerprint density at radius 1 is 1.14 bits per heavy atom. The van der Waals surface area contributed by atoms with Crippen molar-refractivity contribution in [2.75, 3.05) is 7.11 Å².